The molecule has 1 aromatic heterocycles. The lowest BCUT2D eigenvalue weighted by Crippen LogP contribution is -2.15. The number of benzene rings is 3. The summed E-state index contributed by atoms with van der Waals surface area (Å²) >= 11 is 1.22. The molecule has 0 aliphatic carbocycles. The number of ether oxygens (including phenoxy) is 1. The molecule has 0 saturated heterocycles. The Balaban J connectivity index is 1.59. The number of methoxy groups -OCH3 is 1. The highest BCUT2D eigenvalue weighted by Gasteiger charge is 2.18. The second-order valence-corrected chi connectivity index (χ2v) is 8.24. The summed E-state index contributed by atoms with van der Waals surface area (Å²) < 4.78 is 7.22. The molecule has 9 nitrogen and oxygen atoms in total. The van der Waals surface area contributed by atoms with E-state index in [-0.39, 0.29) is 17.3 Å². The van der Waals surface area contributed by atoms with E-state index in [9.17, 15) is 14.9 Å². The predicted octanol–water partition coefficient (Wildman–Crippen LogP) is 4.89. The molecule has 0 bridgehead atoms. The van der Waals surface area contributed by atoms with Crippen LogP contribution in [0.5, 0.6) is 5.75 Å². The Bertz CT molecular complexity index is 1340. The van der Waals surface area contributed by atoms with Crippen LogP contribution in [-0.2, 0) is 4.79 Å². The molecule has 1 heterocycles. The molecule has 0 aliphatic heterocycles. The van der Waals surface area contributed by atoms with Crippen LogP contribution in [0, 0.1) is 17.0 Å². The van der Waals surface area contributed by atoms with Crippen LogP contribution < -0.4 is 10.1 Å². The second kappa shape index (κ2) is 10.2. The van der Waals surface area contributed by atoms with Gasteiger partial charge in [-0.25, -0.2) is 0 Å². The molecule has 10 heteroatoms. The number of carbonyl (C=O) groups excluding carboxylic acids is 1. The van der Waals surface area contributed by atoms with E-state index in [1.54, 1.807) is 20.1 Å². The SMILES string of the molecule is COc1cccc(-c2nnc(SCC(=O)Nc3cc([N+](=O)[O-])ccc3C)n2-c2ccccc2)c1. The van der Waals surface area contributed by atoms with Gasteiger partial charge in [0.15, 0.2) is 11.0 Å². The van der Waals surface area contributed by atoms with Gasteiger partial charge < -0.3 is 10.1 Å². The van der Waals surface area contributed by atoms with Crippen LogP contribution in [0.25, 0.3) is 17.1 Å². The molecule has 0 radical (unpaired) electrons. The van der Waals surface area contributed by atoms with Crippen molar-refractivity contribution in [3.8, 4) is 22.8 Å². The standard InChI is InChI=1S/C24H21N5O4S/c1-16-11-12-19(29(31)32)14-21(16)25-22(30)15-34-24-27-26-23(17-7-6-10-20(13-17)33-2)28(24)18-8-4-3-5-9-18/h3-14H,15H2,1-2H3,(H,25,30). The number of nitro benzene ring substituents is 1. The van der Waals surface area contributed by atoms with E-state index in [1.807, 2.05) is 59.2 Å². The number of amides is 1. The number of nitrogens with zero attached hydrogens (tertiary/aromatic N) is 4. The first-order valence-corrected chi connectivity index (χ1v) is 11.3. The molecule has 172 valence electrons. The number of anilines is 1. The first-order valence-electron chi connectivity index (χ1n) is 10.3. The highest BCUT2D eigenvalue weighted by molar-refractivity contribution is 7.99. The van der Waals surface area contributed by atoms with E-state index in [4.69, 9.17) is 4.74 Å². The minimum absolute atomic E-state index is 0.0468. The van der Waals surface area contributed by atoms with Gasteiger partial charge in [-0.2, -0.15) is 0 Å². The van der Waals surface area contributed by atoms with E-state index in [2.05, 4.69) is 15.5 Å². The normalized spacial score (nSPS) is 10.6. The van der Waals surface area contributed by atoms with Crippen molar-refractivity contribution in [3.63, 3.8) is 0 Å². The van der Waals surface area contributed by atoms with Crippen molar-refractivity contribution in [2.24, 2.45) is 0 Å². The van der Waals surface area contributed by atoms with Crippen molar-refractivity contribution in [1.82, 2.24) is 14.8 Å². The van der Waals surface area contributed by atoms with Crippen LogP contribution in [0.3, 0.4) is 0 Å². The van der Waals surface area contributed by atoms with E-state index >= 15 is 0 Å². The third kappa shape index (κ3) is 5.07. The van der Waals surface area contributed by atoms with Gasteiger partial charge in [-0.3, -0.25) is 19.5 Å². The number of hydrogen-bond donors (Lipinski definition) is 1. The van der Waals surface area contributed by atoms with E-state index in [0.29, 0.717) is 22.4 Å². The number of thioether (sulfide) groups is 1. The number of rotatable bonds is 8. The first kappa shape index (κ1) is 23.0. The van der Waals surface area contributed by atoms with Crippen molar-refractivity contribution in [2.75, 3.05) is 18.2 Å². The quantitative estimate of drug-likeness (QED) is 0.219. The zero-order valence-electron chi connectivity index (χ0n) is 18.5. The third-order valence-electron chi connectivity index (χ3n) is 5.01. The highest BCUT2D eigenvalue weighted by atomic mass is 32.2. The Morgan fingerprint density at radius 3 is 2.62 bits per heavy atom. The van der Waals surface area contributed by atoms with Crippen LogP contribution in [0.15, 0.2) is 78.0 Å². The number of nitro groups is 1. The highest BCUT2D eigenvalue weighted by Crippen LogP contribution is 2.30. The Morgan fingerprint density at radius 2 is 1.88 bits per heavy atom. The largest absolute Gasteiger partial charge is 0.497 e. The minimum Gasteiger partial charge on any atom is -0.497 e. The molecular weight excluding hydrogens is 454 g/mol. The van der Waals surface area contributed by atoms with Crippen molar-refractivity contribution in [3.05, 3.63) is 88.5 Å². The summed E-state index contributed by atoms with van der Waals surface area (Å²) in [4.78, 5) is 23.2. The van der Waals surface area contributed by atoms with Gasteiger partial charge in [-0.15, -0.1) is 10.2 Å². The first-order chi connectivity index (χ1) is 16.5. The number of carbonyl (C=O) groups is 1. The Kier molecular flexibility index (Phi) is 6.88. The molecule has 1 N–H and O–H groups in total. The third-order valence-corrected chi connectivity index (χ3v) is 5.94. The average Bonchev–Trinajstić information content (AvgIpc) is 3.28. The number of para-hydroxylation sites is 1. The maximum Gasteiger partial charge on any atom is 0.271 e. The van der Waals surface area contributed by atoms with Crippen LogP contribution >= 0.6 is 11.8 Å². The second-order valence-electron chi connectivity index (χ2n) is 7.30. The van der Waals surface area contributed by atoms with Gasteiger partial charge in [0.2, 0.25) is 5.91 Å². The lowest BCUT2D eigenvalue weighted by atomic mass is 10.2. The molecule has 0 unspecified atom stereocenters. The number of aryl methyl sites for hydroxylation is 1. The molecule has 3 aromatic carbocycles. The number of nitrogens with one attached hydrogen (secondary N) is 1. The molecule has 0 atom stereocenters. The van der Waals surface area contributed by atoms with Crippen LogP contribution in [0.2, 0.25) is 0 Å². The summed E-state index contributed by atoms with van der Waals surface area (Å²) in [6.07, 6.45) is 0. The molecule has 0 spiro atoms. The van der Waals surface area contributed by atoms with Gasteiger partial charge in [-0.05, 0) is 36.8 Å². The Labute approximate surface area is 199 Å². The van der Waals surface area contributed by atoms with Crippen molar-refractivity contribution < 1.29 is 14.5 Å². The van der Waals surface area contributed by atoms with E-state index in [0.717, 1.165) is 16.8 Å². The fourth-order valence-corrected chi connectivity index (χ4v) is 4.05. The smallest absolute Gasteiger partial charge is 0.271 e. The van der Waals surface area contributed by atoms with Gasteiger partial charge in [-0.1, -0.05) is 48.2 Å². The average molecular weight is 476 g/mol. The summed E-state index contributed by atoms with van der Waals surface area (Å²) in [5.74, 6) is 1.05. The minimum atomic E-state index is -0.494. The maximum atomic E-state index is 12.7. The maximum absolute atomic E-state index is 12.7. The van der Waals surface area contributed by atoms with E-state index in [1.165, 1.54) is 23.9 Å². The van der Waals surface area contributed by atoms with Crippen LogP contribution in [-0.4, -0.2) is 38.5 Å². The summed E-state index contributed by atoms with van der Waals surface area (Å²) in [5.41, 5.74) is 2.72. The monoisotopic (exact) mass is 475 g/mol. The molecule has 4 aromatic rings. The summed E-state index contributed by atoms with van der Waals surface area (Å²) in [5, 5.41) is 23.0. The van der Waals surface area contributed by atoms with Crippen molar-refractivity contribution in [1.29, 1.82) is 0 Å². The summed E-state index contributed by atoms with van der Waals surface area (Å²) in [7, 11) is 1.60. The van der Waals surface area contributed by atoms with Crippen molar-refractivity contribution >= 4 is 29.0 Å². The van der Waals surface area contributed by atoms with Gasteiger partial charge in [0.05, 0.1) is 23.5 Å². The number of aromatic nitrogens is 3. The zero-order chi connectivity index (χ0) is 24.1. The van der Waals surface area contributed by atoms with Crippen LogP contribution in [0.1, 0.15) is 5.56 Å². The summed E-state index contributed by atoms with van der Waals surface area (Å²) in [6, 6.07) is 21.5. The molecule has 34 heavy (non-hydrogen) atoms. The molecule has 1 amide bonds. The number of non-ortho nitro benzene ring substituents is 1. The van der Waals surface area contributed by atoms with Crippen molar-refractivity contribution in [2.45, 2.75) is 12.1 Å². The number of hydrogen-bond acceptors (Lipinski definition) is 7. The zero-order valence-corrected chi connectivity index (χ0v) is 19.3. The molecule has 0 saturated carbocycles. The molecule has 0 fully saturated rings. The Morgan fingerprint density at radius 1 is 1.09 bits per heavy atom. The predicted molar refractivity (Wildman–Crippen MR) is 131 cm³/mol. The molecule has 0 aliphatic rings. The van der Waals surface area contributed by atoms with E-state index < -0.39 is 4.92 Å². The lowest BCUT2D eigenvalue weighted by Gasteiger charge is -2.11. The van der Waals surface area contributed by atoms with Gasteiger partial charge in [0.25, 0.3) is 5.69 Å². The molecule has 4 rings (SSSR count). The van der Waals surface area contributed by atoms with Gasteiger partial charge >= 0.3 is 0 Å². The molecular formula is C24H21N5O4S. The van der Waals surface area contributed by atoms with Gasteiger partial charge in [0, 0.05) is 23.4 Å². The topological polar surface area (TPSA) is 112 Å². The Hall–Kier alpha value is -4.18. The lowest BCUT2D eigenvalue weighted by molar-refractivity contribution is -0.384. The summed E-state index contributed by atoms with van der Waals surface area (Å²) in [6.45, 7) is 1.78. The fraction of sp³-hybridized carbons (Fsp3) is 0.125. The van der Waals surface area contributed by atoms with Crippen LogP contribution in [0.4, 0.5) is 11.4 Å². The fourth-order valence-electron chi connectivity index (χ4n) is 3.30. The van der Waals surface area contributed by atoms with Gasteiger partial charge in [0.1, 0.15) is 5.75 Å².